The van der Waals surface area contributed by atoms with Crippen molar-refractivity contribution in [3.05, 3.63) is 41.0 Å². The lowest BCUT2D eigenvalue weighted by molar-refractivity contribution is 0.146. The van der Waals surface area contributed by atoms with Crippen LogP contribution in [0.3, 0.4) is 0 Å². The lowest BCUT2D eigenvalue weighted by atomic mass is 10.00. The van der Waals surface area contributed by atoms with Crippen molar-refractivity contribution in [3.8, 4) is 17.0 Å². The van der Waals surface area contributed by atoms with Gasteiger partial charge in [0, 0.05) is 24.8 Å². The number of fused-ring (bicyclic) bond motifs is 1. The second kappa shape index (κ2) is 8.64. The first kappa shape index (κ1) is 21.7. The Labute approximate surface area is 195 Å². The molecule has 2 heterocycles. The summed E-state index contributed by atoms with van der Waals surface area (Å²) in [5, 5.41) is 6.30. The highest BCUT2D eigenvalue weighted by molar-refractivity contribution is 7.98. The van der Waals surface area contributed by atoms with E-state index in [1.807, 2.05) is 0 Å². The van der Waals surface area contributed by atoms with Crippen LogP contribution in [-0.2, 0) is 4.74 Å². The van der Waals surface area contributed by atoms with Gasteiger partial charge in [0.25, 0.3) is 0 Å². The molecular formula is C26H33N3O2S. The molecule has 0 unspecified atom stereocenters. The van der Waals surface area contributed by atoms with Crippen LogP contribution in [-0.4, -0.2) is 48.3 Å². The Morgan fingerprint density at radius 2 is 1.75 bits per heavy atom. The number of methoxy groups -OCH3 is 1. The predicted octanol–water partition coefficient (Wildman–Crippen LogP) is 5.80. The summed E-state index contributed by atoms with van der Waals surface area (Å²) in [5.74, 6) is 0.897. The van der Waals surface area contributed by atoms with Crippen LogP contribution >= 0.6 is 11.8 Å². The van der Waals surface area contributed by atoms with Gasteiger partial charge >= 0.3 is 0 Å². The molecule has 2 fully saturated rings. The van der Waals surface area contributed by atoms with E-state index in [9.17, 15) is 0 Å². The second-order valence-electron chi connectivity index (χ2n) is 9.19. The zero-order valence-electron chi connectivity index (χ0n) is 19.8. The molecule has 6 heteroatoms. The molecule has 0 amide bonds. The van der Waals surface area contributed by atoms with Gasteiger partial charge in [-0.1, -0.05) is 12.1 Å². The van der Waals surface area contributed by atoms with Gasteiger partial charge in [0.2, 0.25) is 0 Å². The number of pyridine rings is 1. The molecular weight excluding hydrogens is 418 g/mol. The minimum absolute atomic E-state index is 0.527. The molecule has 0 N–H and O–H groups in total. The van der Waals surface area contributed by atoms with Crippen LogP contribution in [0, 0.1) is 20.8 Å². The molecule has 0 aliphatic heterocycles. The molecule has 0 spiro atoms. The van der Waals surface area contributed by atoms with E-state index in [0.29, 0.717) is 25.3 Å². The molecule has 2 saturated carbocycles. The van der Waals surface area contributed by atoms with Gasteiger partial charge in [-0.3, -0.25) is 0 Å². The van der Waals surface area contributed by atoms with Crippen LogP contribution in [0.1, 0.15) is 42.4 Å². The third kappa shape index (κ3) is 3.88. The summed E-state index contributed by atoms with van der Waals surface area (Å²) in [5.41, 5.74) is 8.45. The fraction of sp³-hybridized carbons (Fsp3) is 0.500. The first-order chi connectivity index (χ1) is 15.5. The third-order valence-corrected chi connectivity index (χ3v) is 7.16. The minimum Gasteiger partial charge on any atom is -0.490 e. The molecule has 0 saturated heterocycles. The molecule has 0 atom stereocenters. The summed E-state index contributed by atoms with van der Waals surface area (Å²) in [4.78, 5) is 2.70. The Bertz CT molecular complexity index is 1140. The van der Waals surface area contributed by atoms with E-state index < -0.39 is 0 Å². The number of aryl methyl sites for hydroxylation is 3. The average molecular weight is 452 g/mol. The van der Waals surface area contributed by atoms with E-state index in [1.165, 1.54) is 53.6 Å². The van der Waals surface area contributed by atoms with Gasteiger partial charge in [0.1, 0.15) is 17.4 Å². The number of aromatic nitrogens is 2. The predicted molar refractivity (Wildman–Crippen MR) is 133 cm³/mol. The smallest absolute Gasteiger partial charge is 0.142 e. The van der Waals surface area contributed by atoms with Crippen LogP contribution in [0.25, 0.3) is 16.8 Å². The number of rotatable bonds is 9. The topological polar surface area (TPSA) is 39.0 Å². The summed E-state index contributed by atoms with van der Waals surface area (Å²) in [6.45, 7) is 7.59. The Kier molecular flexibility index (Phi) is 5.84. The fourth-order valence-corrected chi connectivity index (χ4v) is 5.36. The van der Waals surface area contributed by atoms with E-state index in [2.05, 4.69) is 60.7 Å². The first-order valence-corrected chi connectivity index (χ1v) is 12.8. The first-order valence-electron chi connectivity index (χ1n) is 11.6. The van der Waals surface area contributed by atoms with E-state index in [-0.39, 0.29) is 0 Å². The summed E-state index contributed by atoms with van der Waals surface area (Å²) >= 11 is 1.76. The lowest BCUT2D eigenvalue weighted by Crippen LogP contribution is -2.28. The van der Waals surface area contributed by atoms with Gasteiger partial charge in [0.05, 0.1) is 23.5 Å². The Balaban J connectivity index is 1.71. The van der Waals surface area contributed by atoms with Crippen molar-refractivity contribution in [2.24, 2.45) is 0 Å². The number of benzene rings is 1. The van der Waals surface area contributed by atoms with E-state index in [4.69, 9.17) is 14.6 Å². The molecule has 32 heavy (non-hydrogen) atoms. The molecule has 5 nitrogen and oxygen atoms in total. The van der Waals surface area contributed by atoms with Gasteiger partial charge < -0.3 is 14.4 Å². The third-order valence-electron chi connectivity index (χ3n) is 6.50. The Morgan fingerprint density at radius 3 is 2.38 bits per heavy atom. The van der Waals surface area contributed by atoms with Crippen LogP contribution in [0.2, 0.25) is 0 Å². The Morgan fingerprint density at radius 1 is 1.03 bits per heavy atom. The summed E-state index contributed by atoms with van der Waals surface area (Å²) in [6, 6.07) is 10.2. The van der Waals surface area contributed by atoms with Gasteiger partial charge in [-0.05, 0) is 81.5 Å². The largest absolute Gasteiger partial charge is 0.490 e. The highest BCUT2D eigenvalue weighted by atomic mass is 32.2. The summed E-state index contributed by atoms with van der Waals surface area (Å²) in [6.07, 6.45) is 7.35. The Hall–Kier alpha value is -2.18. The zero-order valence-corrected chi connectivity index (χ0v) is 20.6. The van der Waals surface area contributed by atoms with Crippen LogP contribution in [0.15, 0.2) is 29.3 Å². The van der Waals surface area contributed by atoms with Crippen molar-refractivity contribution in [2.45, 2.75) is 63.6 Å². The molecule has 0 radical (unpaired) electrons. The number of ether oxygens (including phenoxy) is 2. The number of anilines is 1. The van der Waals surface area contributed by atoms with Gasteiger partial charge in [-0.2, -0.15) is 5.10 Å². The normalized spacial score (nSPS) is 16.0. The highest BCUT2D eigenvalue weighted by Gasteiger charge is 2.42. The van der Waals surface area contributed by atoms with Crippen LogP contribution in [0.4, 0.5) is 5.69 Å². The number of thioether (sulfide) groups is 1. The van der Waals surface area contributed by atoms with Crippen molar-refractivity contribution >= 4 is 23.0 Å². The fourth-order valence-electron chi connectivity index (χ4n) is 4.81. The molecule has 0 bridgehead atoms. The van der Waals surface area contributed by atoms with Crippen molar-refractivity contribution in [2.75, 3.05) is 31.5 Å². The van der Waals surface area contributed by atoms with E-state index >= 15 is 0 Å². The highest BCUT2D eigenvalue weighted by Crippen LogP contribution is 2.47. The zero-order chi connectivity index (χ0) is 22.4. The van der Waals surface area contributed by atoms with E-state index in [1.54, 1.807) is 18.9 Å². The van der Waals surface area contributed by atoms with Crippen LogP contribution in [0.5, 0.6) is 5.75 Å². The maximum Gasteiger partial charge on any atom is 0.142 e. The van der Waals surface area contributed by atoms with E-state index in [0.717, 1.165) is 22.0 Å². The lowest BCUT2D eigenvalue weighted by Gasteiger charge is -2.25. The van der Waals surface area contributed by atoms with Crippen LogP contribution < -0.4 is 9.64 Å². The van der Waals surface area contributed by atoms with Crippen molar-refractivity contribution < 1.29 is 9.47 Å². The summed E-state index contributed by atoms with van der Waals surface area (Å²) < 4.78 is 13.6. The number of nitrogens with zero attached hydrogens (tertiary/aromatic N) is 3. The summed E-state index contributed by atoms with van der Waals surface area (Å²) in [7, 11) is 1.70. The van der Waals surface area contributed by atoms with Gasteiger partial charge in [0.15, 0.2) is 0 Å². The standard InChI is InChI=1S/C26H33N3O2S/c1-16-14-18(3)23(22(15-16)31-13-12-30-4)21-11-6-17(2)24-25(26(32-5)27-29(21)24)28(19-7-8-19)20-9-10-20/h6,11,14-15,19-20H,7-10,12-13H2,1-5H3. The molecule has 1 aromatic carbocycles. The monoisotopic (exact) mass is 451 g/mol. The molecule has 3 aromatic rings. The molecule has 2 aliphatic carbocycles. The quantitative estimate of drug-likeness (QED) is 0.303. The SMILES string of the molecule is COCCOc1cc(C)cc(C)c1-c1ccc(C)c2c(N(C3CC3)C3CC3)c(SC)nn12. The number of hydrogen-bond acceptors (Lipinski definition) is 5. The van der Waals surface area contributed by atoms with Gasteiger partial charge in [-0.25, -0.2) is 4.52 Å². The maximum atomic E-state index is 6.20. The average Bonchev–Trinajstić information content (AvgIpc) is 3.68. The molecule has 2 aliphatic rings. The second-order valence-corrected chi connectivity index (χ2v) is 9.98. The molecule has 170 valence electrons. The molecule has 2 aromatic heterocycles. The van der Waals surface area contributed by atoms with Crippen molar-refractivity contribution in [1.29, 1.82) is 0 Å². The number of hydrogen-bond donors (Lipinski definition) is 0. The van der Waals surface area contributed by atoms with Crippen molar-refractivity contribution in [1.82, 2.24) is 9.61 Å². The van der Waals surface area contributed by atoms with Crippen molar-refractivity contribution in [3.63, 3.8) is 0 Å². The molecule has 5 rings (SSSR count). The minimum atomic E-state index is 0.527. The maximum absolute atomic E-state index is 6.20. The van der Waals surface area contributed by atoms with Gasteiger partial charge in [-0.15, -0.1) is 11.8 Å².